The summed E-state index contributed by atoms with van der Waals surface area (Å²) in [5.74, 6) is 0.743. The van der Waals surface area contributed by atoms with Crippen molar-refractivity contribution in [3.05, 3.63) is 43.0 Å². The first-order valence-corrected chi connectivity index (χ1v) is 9.07. The summed E-state index contributed by atoms with van der Waals surface area (Å²) < 4.78 is 26.7. The maximum absolute atomic E-state index is 12.1. The number of guanidine groups is 1. The van der Waals surface area contributed by atoms with Crippen molar-refractivity contribution in [3.63, 3.8) is 0 Å². The minimum Gasteiger partial charge on any atom is -0.355 e. The highest BCUT2D eigenvalue weighted by molar-refractivity contribution is 14.0. The zero-order valence-electron chi connectivity index (χ0n) is 14.2. The van der Waals surface area contributed by atoms with Gasteiger partial charge in [0.25, 0.3) is 0 Å². The number of allylic oxidation sites excluding steroid dienone is 1. The van der Waals surface area contributed by atoms with Crippen molar-refractivity contribution in [3.8, 4) is 0 Å². The largest absolute Gasteiger partial charge is 0.355 e. The van der Waals surface area contributed by atoms with Gasteiger partial charge in [-0.25, -0.2) is 13.1 Å². The van der Waals surface area contributed by atoms with Crippen LogP contribution in [0.3, 0.4) is 0 Å². The molecule has 136 valence electrons. The molecule has 0 aromatic heterocycles. The van der Waals surface area contributed by atoms with E-state index in [9.17, 15) is 8.42 Å². The molecule has 6 nitrogen and oxygen atoms in total. The Morgan fingerprint density at radius 1 is 1.29 bits per heavy atom. The molecule has 0 amide bonds. The van der Waals surface area contributed by atoms with Crippen LogP contribution in [0.1, 0.15) is 12.8 Å². The fourth-order valence-electron chi connectivity index (χ4n) is 2.01. The predicted molar refractivity (Wildman–Crippen MR) is 110 cm³/mol. The Labute approximate surface area is 162 Å². The van der Waals surface area contributed by atoms with E-state index < -0.39 is 10.0 Å². The summed E-state index contributed by atoms with van der Waals surface area (Å²) in [6.07, 6.45) is 3.85. The van der Waals surface area contributed by atoms with Crippen LogP contribution in [0.4, 0.5) is 0 Å². The normalized spacial score (nSPS) is 11.5. The van der Waals surface area contributed by atoms with Gasteiger partial charge in [-0.05, 0) is 25.0 Å². The zero-order valence-corrected chi connectivity index (χ0v) is 17.4. The Bertz CT molecular complexity index is 606. The lowest BCUT2D eigenvalue weighted by Gasteiger charge is -2.21. The fraction of sp³-hybridized carbons (Fsp3) is 0.438. The van der Waals surface area contributed by atoms with Gasteiger partial charge >= 0.3 is 0 Å². The number of aliphatic imine (C=N–C) groups is 1. The van der Waals surface area contributed by atoms with Gasteiger partial charge in [-0.2, -0.15) is 0 Å². The van der Waals surface area contributed by atoms with Gasteiger partial charge in [0.15, 0.2) is 5.96 Å². The number of nitrogens with one attached hydrogen (secondary N) is 2. The van der Waals surface area contributed by atoms with Crippen LogP contribution in [-0.4, -0.2) is 53.0 Å². The zero-order chi connectivity index (χ0) is 17.1. The fourth-order valence-corrected chi connectivity index (χ4v) is 3.06. The van der Waals surface area contributed by atoms with E-state index in [1.807, 2.05) is 18.0 Å². The Morgan fingerprint density at radius 2 is 1.96 bits per heavy atom. The summed E-state index contributed by atoms with van der Waals surface area (Å²) in [4.78, 5) is 6.47. The topological polar surface area (TPSA) is 73.8 Å². The van der Waals surface area contributed by atoms with Crippen LogP contribution in [0.15, 0.2) is 52.9 Å². The predicted octanol–water partition coefficient (Wildman–Crippen LogP) is 2.06. The van der Waals surface area contributed by atoms with Gasteiger partial charge in [-0.1, -0.05) is 24.3 Å². The van der Waals surface area contributed by atoms with Crippen LogP contribution >= 0.6 is 24.0 Å². The highest BCUT2D eigenvalue weighted by Gasteiger charge is 2.12. The van der Waals surface area contributed by atoms with Crippen LogP contribution in [0.2, 0.25) is 0 Å². The minimum absolute atomic E-state index is 0. The molecule has 0 saturated heterocycles. The molecule has 0 saturated carbocycles. The number of hydrogen-bond acceptors (Lipinski definition) is 3. The van der Waals surface area contributed by atoms with Gasteiger partial charge in [0, 0.05) is 33.7 Å². The second-order valence-electron chi connectivity index (χ2n) is 5.04. The molecule has 0 aliphatic rings. The number of nitrogens with zero attached hydrogens (tertiary/aromatic N) is 2. The average Bonchev–Trinajstić information content (AvgIpc) is 2.56. The number of sulfonamides is 1. The van der Waals surface area contributed by atoms with E-state index in [4.69, 9.17) is 0 Å². The quantitative estimate of drug-likeness (QED) is 0.192. The van der Waals surface area contributed by atoms with Gasteiger partial charge < -0.3 is 10.2 Å². The number of rotatable bonds is 9. The summed E-state index contributed by atoms with van der Waals surface area (Å²) in [6, 6.07) is 8.33. The third-order valence-corrected chi connectivity index (χ3v) is 4.71. The second-order valence-corrected chi connectivity index (χ2v) is 6.80. The molecule has 1 rings (SSSR count). The molecule has 1 aromatic rings. The summed E-state index contributed by atoms with van der Waals surface area (Å²) >= 11 is 0. The van der Waals surface area contributed by atoms with Crippen LogP contribution < -0.4 is 10.0 Å². The molecule has 0 aliphatic carbocycles. The van der Waals surface area contributed by atoms with Crippen molar-refractivity contribution in [1.82, 2.24) is 14.9 Å². The van der Waals surface area contributed by atoms with Crippen molar-refractivity contribution < 1.29 is 8.42 Å². The Morgan fingerprint density at radius 3 is 2.54 bits per heavy atom. The van der Waals surface area contributed by atoms with E-state index in [1.54, 1.807) is 37.4 Å². The van der Waals surface area contributed by atoms with Crippen LogP contribution in [-0.2, 0) is 10.0 Å². The van der Waals surface area contributed by atoms with E-state index in [-0.39, 0.29) is 35.4 Å². The molecule has 0 aliphatic heterocycles. The standard InChI is InChI=1S/C16H26N4O2S.HI/c1-4-5-9-14-20(3)16(17-2)18-12-13-19-23(21,22)15-10-7-6-8-11-15;/h4,6-8,10-11,19H,1,5,9,12-14H2,2-3H3,(H,17,18);1H. The first-order chi connectivity index (χ1) is 11.0. The van der Waals surface area contributed by atoms with Crippen molar-refractivity contribution in [2.45, 2.75) is 17.7 Å². The highest BCUT2D eigenvalue weighted by atomic mass is 127. The van der Waals surface area contributed by atoms with E-state index in [0.717, 1.165) is 25.3 Å². The van der Waals surface area contributed by atoms with Gasteiger partial charge in [0.2, 0.25) is 10.0 Å². The van der Waals surface area contributed by atoms with Crippen LogP contribution in [0.25, 0.3) is 0 Å². The first kappa shape index (κ1) is 22.9. The molecule has 24 heavy (non-hydrogen) atoms. The molecule has 0 spiro atoms. The van der Waals surface area contributed by atoms with Crippen molar-refractivity contribution in [2.24, 2.45) is 4.99 Å². The minimum atomic E-state index is -3.46. The van der Waals surface area contributed by atoms with Crippen molar-refractivity contribution in [2.75, 3.05) is 33.7 Å². The van der Waals surface area contributed by atoms with Crippen LogP contribution in [0.5, 0.6) is 0 Å². The molecular formula is C16H27IN4O2S. The van der Waals surface area contributed by atoms with E-state index in [0.29, 0.717) is 6.54 Å². The third-order valence-electron chi connectivity index (χ3n) is 3.23. The van der Waals surface area contributed by atoms with E-state index >= 15 is 0 Å². The molecule has 1 aromatic carbocycles. The molecule has 0 radical (unpaired) electrons. The Balaban J connectivity index is 0.00000529. The molecule has 0 fully saturated rings. The molecule has 0 atom stereocenters. The van der Waals surface area contributed by atoms with Crippen LogP contribution in [0, 0.1) is 0 Å². The molecular weight excluding hydrogens is 439 g/mol. The molecule has 0 bridgehead atoms. The highest BCUT2D eigenvalue weighted by Crippen LogP contribution is 2.06. The average molecular weight is 466 g/mol. The molecule has 8 heteroatoms. The van der Waals surface area contributed by atoms with Gasteiger partial charge in [-0.15, -0.1) is 30.6 Å². The summed E-state index contributed by atoms with van der Waals surface area (Å²) in [6.45, 7) is 5.32. The number of benzene rings is 1. The Kier molecular flexibility index (Phi) is 11.7. The monoisotopic (exact) mass is 466 g/mol. The smallest absolute Gasteiger partial charge is 0.240 e. The lowest BCUT2D eigenvalue weighted by Crippen LogP contribution is -2.42. The van der Waals surface area contributed by atoms with Gasteiger partial charge in [0.1, 0.15) is 0 Å². The second kappa shape index (κ2) is 12.3. The number of halogens is 1. The van der Waals surface area contributed by atoms with Gasteiger partial charge in [-0.3, -0.25) is 4.99 Å². The van der Waals surface area contributed by atoms with E-state index in [1.165, 1.54) is 0 Å². The number of unbranched alkanes of at least 4 members (excludes halogenated alkanes) is 1. The van der Waals surface area contributed by atoms with Crippen molar-refractivity contribution >= 4 is 40.0 Å². The maximum Gasteiger partial charge on any atom is 0.240 e. The third kappa shape index (κ3) is 8.11. The maximum atomic E-state index is 12.1. The molecule has 2 N–H and O–H groups in total. The Hall–Kier alpha value is -1.13. The lowest BCUT2D eigenvalue weighted by molar-refractivity contribution is 0.470. The van der Waals surface area contributed by atoms with Gasteiger partial charge in [0.05, 0.1) is 4.90 Å². The molecule has 0 unspecified atom stereocenters. The summed E-state index contributed by atoms with van der Waals surface area (Å²) in [7, 11) is 0.202. The van der Waals surface area contributed by atoms with Crippen molar-refractivity contribution in [1.29, 1.82) is 0 Å². The number of hydrogen-bond donors (Lipinski definition) is 2. The summed E-state index contributed by atoms with van der Waals surface area (Å²) in [5.41, 5.74) is 0. The SMILES string of the molecule is C=CCCCN(C)C(=NC)NCCNS(=O)(=O)c1ccccc1.I. The summed E-state index contributed by atoms with van der Waals surface area (Å²) in [5, 5.41) is 3.14. The lowest BCUT2D eigenvalue weighted by atomic mass is 10.3. The molecule has 0 heterocycles. The van der Waals surface area contributed by atoms with E-state index in [2.05, 4.69) is 21.6 Å². The first-order valence-electron chi connectivity index (χ1n) is 7.58.